The van der Waals surface area contributed by atoms with Crippen molar-refractivity contribution in [1.29, 1.82) is 0 Å². The van der Waals surface area contributed by atoms with Crippen LogP contribution in [0.1, 0.15) is 31.4 Å². The van der Waals surface area contributed by atoms with Crippen molar-refractivity contribution in [2.45, 2.75) is 31.7 Å². The molecular weight excluding hydrogens is 288 g/mol. The fraction of sp³-hybridized carbons (Fsp3) is 0.400. The second kappa shape index (κ2) is 8.02. The van der Waals surface area contributed by atoms with Gasteiger partial charge in [-0.25, -0.2) is 9.59 Å². The summed E-state index contributed by atoms with van der Waals surface area (Å²) in [7, 11) is 0. The number of carbonyl (C=O) groups excluding carboxylic acids is 3. The second-order valence-electron chi connectivity index (χ2n) is 4.96. The van der Waals surface area contributed by atoms with Crippen LogP contribution < -0.4 is 10.6 Å². The number of urea groups is 1. The standard InChI is InChI=1S/C15H18N2O5/c18-13(17-15(20)16-11-4-1-2-5-11)10-22-14(19)8-7-12-6-3-9-21-12/h3,6-9,11H,1-2,4-5,10H2,(H2,16,17,18,20)/b8-7+. The molecule has 3 amide bonds. The zero-order chi connectivity index (χ0) is 15.8. The monoisotopic (exact) mass is 306 g/mol. The lowest BCUT2D eigenvalue weighted by Gasteiger charge is -2.12. The first-order chi connectivity index (χ1) is 10.6. The molecule has 0 radical (unpaired) electrons. The molecule has 0 saturated heterocycles. The number of ether oxygens (including phenoxy) is 1. The molecule has 7 nitrogen and oxygen atoms in total. The van der Waals surface area contributed by atoms with E-state index in [0.29, 0.717) is 5.76 Å². The highest BCUT2D eigenvalue weighted by Crippen LogP contribution is 2.17. The lowest BCUT2D eigenvalue weighted by molar-refractivity contribution is -0.143. The number of imide groups is 1. The molecule has 1 saturated carbocycles. The highest BCUT2D eigenvalue weighted by Gasteiger charge is 2.18. The number of rotatable bonds is 5. The lowest BCUT2D eigenvalue weighted by Crippen LogP contribution is -2.44. The van der Waals surface area contributed by atoms with E-state index >= 15 is 0 Å². The third-order valence-electron chi connectivity index (χ3n) is 3.22. The maximum absolute atomic E-state index is 11.5. The molecule has 1 fully saturated rings. The van der Waals surface area contributed by atoms with Crippen molar-refractivity contribution in [3.8, 4) is 0 Å². The molecule has 0 atom stereocenters. The number of esters is 1. The lowest BCUT2D eigenvalue weighted by atomic mass is 10.2. The predicted octanol–water partition coefficient (Wildman–Crippen LogP) is 1.60. The Hall–Kier alpha value is -2.57. The third-order valence-corrected chi connectivity index (χ3v) is 3.22. The van der Waals surface area contributed by atoms with Crippen molar-refractivity contribution in [3.05, 3.63) is 30.2 Å². The van der Waals surface area contributed by atoms with Gasteiger partial charge in [0.1, 0.15) is 5.76 Å². The first-order valence-electron chi connectivity index (χ1n) is 7.12. The van der Waals surface area contributed by atoms with Crippen LogP contribution in [0, 0.1) is 0 Å². The van der Waals surface area contributed by atoms with Gasteiger partial charge in [-0.05, 0) is 31.1 Å². The minimum atomic E-state index is -0.692. The van der Waals surface area contributed by atoms with Gasteiger partial charge in [-0.1, -0.05) is 12.8 Å². The molecular formula is C15H18N2O5. The number of carbonyl (C=O) groups is 3. The molecule has 2 rings (SSSR count). The Balaban J connectivity index is 1.64. The van der Waals surface area contributed by atoms with Gasteiger partial charge in [-0.15, -0.1) is 0 Å². The van der Waals surface area contributed by atoms with Crippen molar-refractivity contribution < 1.29 is 23.5 Å². The Morgan fingerprint density at radius 1 is 1.32 bits per heavy atom. The number of hydrogen-bond acceptors (Lipinski definition) is 5. The van der Waals surface area contributed by atoms with Crippen LogP contribution in [0.15, 0.2) is 28.9 Å². The van der Waals surface area contributed by atoms with Crippen LogP contribution in [0.25, 0.3) is 6.08 Å². The summed E-state index contributed by atoms with van der Waals surface area (Å²) in [5.74, 6) is -0.865. The zero-order valence-corrected chi connectivity index (χ0v) is 12.0. The van der Waals surface area contributed by atoms with Crippen LogP contribution in [-0.2, 0) is 14.3 Å². The van der Waals surface area contributed by atoms with E-state index in [-0.39, 0.29) is 6.04 Å². The van der Waals surface area contributed by atoms with Gasteiger partial charge < -0.3 is 14.5 Å². The summed E-state index contributed by atoms with van der Waals surface area (Å²) in [4.78, 5) is 34.4. The van der Waals surface area contributed by atoms with Crippen LogP contribution in [-0.4, -0.2) is 30.6 Å². The zero-order valence-electron chi connectivity index (χ0n) is 12.0. The molecule has 0 aromatic carbocycles. The topological polar surface area (TPSA) is 97.6 Å². The second-order valence-corrected chi connectivity index (χ2v) is 4.96. The summed E-state index contributed by atoms with van der Waals surface area (Å²) in [6, 6.07) is 2.91. The average molecular weight is 306 g/mol. The van der Waals surface area contributed by atoms with E-state index in [1.54, 1.807) is 12.1 Å². The first kappa shape index (κ1) is 15.8. The number of nitrogens with one attached hydrogen (secondary N) is 2. The summed E-state index contributed by atoms with van der Waals surface area (Å²) in [6.07, 6.45) is 8.05. The SMILES string of the molecule is O=C(COC(=O)/C=C/c1ccco1)NC(=O)NC1CCCC1. The molecule has 1 aliphatic carbocycles. The van der Waals surface area contributed by atoms with E-state index in [1.165, 1.54) is 12.3 Å². The maximum Gasteiger partial charge on any atom is 0.331 e. The molecule has 1 heterocycles. The highest BCUT2D eigenvalue weighted by molar-refractivity contribution is 5.96. The number of furan rings is 1. The Labute approximate surface area is 127 Å². The van der Waals surface area contributed by atoms with E-state index in [1.807, 2.05) is 0 Å². The predicted molar refractivity (Wildman–Crippen MR) is 77.6 cm³/mol. The summed E-state index contributed by atoms with van der Waals surface area (Å²) in [5, 5.41) is 4.83. The van der Waals surface area contributed by atoms with Crippen molar-refractivity contribution in [3.63, 3.8) is 0 Å². The summed E-state index contributed by atoms with van der Waals surface area (Å²) in [6.45, 7) is -0.514. The third kappa shape index (κ3) is 5.43. The minimum Gasteiger partial charge on any atom is -0.465 e. The van der Waals surface area contributed by atoms with E-state index < -0.39 is 24.5 Å². The Morgan fingerprint density at radius 3 is 2.77 bits per heavy atom. The van der Waals surface area contributed by atoms with E-state index in [4.69, 9.17) is 9.15 Å². The van der Waals surface area contributed by atoms with Crippen molar-refractivity contribution in [2.75, 3.05) is 6.61 Å². The van der Waals surface area contributed by atoms with Crippen LogP contribution >= 0.6 is 0 Å². The van der Waals surface area contributed by atoms with Gasteiger partial charge in [0.25, 0.3) is 5.91 Å². The number of amides is 3. The first-order valence-corrected chi connectivity index (χ1v) is 7.12. The highest BCUT2D eigenvalue weighted by atomic mass is 16.5. The molecule has 1 aromatic rings. The van der Waals surface area contributed by atoms with Crippen molar-refractivity contribution in [2.24, 2.45) is 0 Å². The fourth-order valence-corrected chi connectivity index (χ4v) is 2.18. The normalized spacial score (nSPS) is 14.9. The smallest absolute Gasteiger partial charge is 0.331 e. The quantitative estimate of drug-likeness (QED) is 0.636. The van der Waals surface area contributed by atoms with Gasteiger partial charge in [0.2, 0.25) is 0 Å². The van der Waals surface area contributed by atoms with Crippen LogP contribution in [0.5, 0.6) is 0 Å². The molecule has 1 aromatic heterocycles. The Morgan fingerprint density at radius 2 is 2.09 bits per heavy atom. The molecule has 118 valence electrons. The molecule has 0 aliphatic heterocycles. The van der Waals surface area contributed by atoms with Gasteiger partial charge in [0.05, 0.1) is 6.26 Å². The summed E-state index contributed by atoms with van der Waals surface area (Å²) in [5.41, 5.74) is 0. The molecule has 0 bridgehead atoms. The molecule has 0 unspecified atom stereocenters. The molecule has 0 spiro atoms. The molecule has 22 heavy (non-hydrogen) atoms. The summed E-state index contributed by atoms with van der Waals surface area (Å²) < 4.78 is 9.71. The molecule has 1 aliphatic rings. The van der Waals surface area contributed by atoms with Gasteiger partial charge in [0.15, 0.2) is 6.61 Å². The Bertz CT molecular complexity index is 544. The van der Waals surface area contributed by atoms with Gasteiger partial charge in [0, 0.05) is 12.1 Å². The number of hydrogen-bond donors (Lipinski definition) is 2. The van der Waals surface area contributed by atoms with Crippen molar-refractivity contribution in [1.82, 2.24) is 10.6 Å². The molecule has 2 N–H and O–H groups in total. The fourth-order valence-electron chi connectivity index (χ4n) is 2.18. The van der Waals surface area contributed by atoms with E-state index in [0.717, 1.165) is 31.8 Å². The van der Waals surface area contributed by atoms with Gasteiger partial charge in [-0.2, -0.15) is 0 Å². The van der Waals surface area contributed by atoms with Crippen LogP contribution in [0.2, 0.25) is 0 Å². The maximum atomic E-state index is 11.5. The Kier molecular flexibility index (Phi) is 5.76. The van der Waals surface area contributed by atoms with Gasteiger partial charge >= 0.3 is 12.0 Å². The average Bonchev–Trinajstić information content (AvgIpc) is 3.15. The van der Waals surface area contributed by atoms with E-state index in [9.17, 15) is 14.4 Å². The van der Waals surface area contributed by atoms with Gasteiger partial charge in [-0.3, -0.25) is 10.1 Å². The minimum absolute atomic E-state index is 0.117. The largest absolute Gasteiger partial charge is 0.465 e. The van der Waals surface area contributed by atoms with Crippen LogP contribution in [0.3, 0.4) is 0 Å². The van der Waals surface area contributed by atoms with Crippen LogP contribution in [0.4, 0.5) is 4.79 Å². The van der Waals surface area contributed by atoms with Crippen molar-refractivity contribution >= 4 is 24.0 Å². The van der Waals surface area contributed by atoms with E-state index in [2.05, 4.69) is 10.6 Å². The molecule has 7 heteroatoms. The summed E-state index contributed by atoms with van der Waals surface area (Å²) >= 11 is 0.